The standard InChI is InChI=1S/C13H13BrF3N3O2/c1-21-9-5-3-8(4-6-9)7-20-11(18-12(14)19-20)10(22-2)13(15,16)17/h3-6,10H,7H2,1-2H3. The molecule has 120 valence electrons. The van der Waals surface area contributed by atoms with E-state index in [0.29, 0.717) is 5.75 Å². The van der Waals surface area contributed by atoms with Gasteiger partial charge < -0.3 is 9.47 Å². The van der Waals surface area contributed by atoms with Crippen LogP contribution in [0, 0.1) is 0 Å². The summed E-state index contributed by atoms with van der Waals surface area (Å²) >= 11 is 3.00. The third-order valence-corrected chi connectivity index (χ3v) is 3.27. The molecule has 1 heterocycles. The summed E-state index contributed by atoms with van der Waals surface area (Å²) in [4.78, 5) is 3.78. The fourth-order valence-corrected chi connectivity index (χ4v) is 2.30. The average molecular weight is 380 g/mol. The van der Waals surface area contributed by atoms with Gasteiger partial charge in [-0.3, -0.25) is 0 Å². The summed E-state index contributed by atoms with van der Waals surface area (Å²) in [5.41, 5.74) is 0.761. The van der Waals surface area contributed by atoms with Crippen molar-refractivity contribution in [1.82, 2.24) is 14.8 Å². The van der Waals surface area contributed by atoms with Gasteiger partial charge in [-0.2, -0.15) is 13.2 Å². The highest BCUT2D eigenvalue weighted by Crippen LogP contribution is 2.35. The van der Waals surface area contributed by atoms with Crippen LogP contribution in [0.25, 0.3) is 0 Å². The maximum Gasteiger partial charge on any atom is 0.421 e. The number of methoxy groups -OCH3 is 2. The highest BCUT2D eigenvalue weighted by molar-refractivity contribution is 9.10. The number of halogens is 4. The lowest BCUT2D eigenvalue weighted by Gasteiger charge is -2.18. The molecule has 2 aromatic rings. The zero-order valence-corrected chi connectivity index (χ0v) is 13.3. The molecule has 0 N–H and O–H groups in total. The van der Waals surface area contributed by atoms with Crippen LogP contribution in [-0.2, 0) is 11.3 Å². The molecule has 0 amide bonds. The van der Waals surface area contributed by atoms with E-state index in [-0.39, 0.29) is 17.1 Å². The van der Waals surface area contributed by atoms with Gasteiger partial charge in [0.2, 0.25) is 10.8 Å². The first-order chi connectivity index (χ1) is 10.3. The van der Waals surface area contributed by atoms with Crippen molar-refractivity contribution in [3.8, 4) is 5.75 Å². The van der Waals surface area contributed by atoms with E-state index in [4.69, 9.17) is 4.74 Å². The Hall–Kier alpha value is -1.61. The van der Waals surface area contributed by atoms with Gasteiger partial charge in [0, 0.05) is 7.11 Å². The molecule has 0 saturated heterocycles. The highest BCUT2D eigenvalue weighted by atomic mass is 79.9. The van der Waals surface area contributed by atoms with E-state index in [1.54, 1.807) is 24.3 Å². The molecule has 2 rings (SSSR count). The van der Waals surface area contributed by atoms with Gasteiger partial charge in [0.05, 0.1) is 13.7 Å². The number of rotatable bonds is 5. The minimum absolute atomic E-state index is 0.0716. The van der Waals surface area contributed by atoms with Crippen molar-refractivity contribution < 1.29 is 22.6 Å². The number of hydrogen-bond acceptors (Lipinski definition) is 4. The summed E-state index contributed by atoms with van der Waals surface area (Å²) in [6, 6.07) is 6.93. The molecule has 0 aliphatic carbocycles. The molecule has 1 aromatic heterocycles. The molecule has 1 aromatic carbocycles. The van der Waals surface area contributed by atoms with Crippen molar-refractivity contribution in [1.29, 1.82) is 0 Å². The quantitative estimate of drug-likeness (QED) is 0.799. The van der Waals surface area contributed by atoms with Crippen LogP contribution in [0.1, 0.15) is 17.5 Å². The predicted octanol–water partition coefficient (Wildman–Crippen LogP) is 3.35. The Balaban J connectivity index is 2.31. The van der Waals surface area contributed by atoms with Gasteiger partial charge in [-0.15, -0.1) is 5.10 Å². The minimum atomic E-state index is -4.57. The number of hydrogen-bond donors (Lipinski definition) is 0. The summed E-state index contributed by atoms with van der Waals surface area (Å²) in [6.07, 6.45) is -6.71. The molecule has 0 aliphatic heterocycles. The number of benzene rings is 1. The molecular weight excluding hydrogens is 367 g/mol. The molecule has 0 aliphatic rings. The van der Waals surface area contributed by atoms with Crippen LogP contribution in [0.3, 0.4) is 0 Å². The topological polar surface area (TPSA) is 49.2 Å². The van der Waals surface area contributed by atoms with Gasteiger partial charge in [0.25, 0.3) is 0 Å². The van der Waals surface area contributed by atoms with Gasteiger partial charge in [0.15, 0.2) is 5.82 Å². The number of alkyl halides is 3. The number of nitrogens with zero attached hydrogens (tertiary/aromatic N) is 3. The lowest BCUT2D eigenvalue weighted by atomic mass is 10.2. The van der Waals surface area contributed by atoms with Crippen LogP contribution in [-0.4, -0.2) is 35.2 Å². The molecular formula is C13H13BrF3N3O2. The van der Waals surface area contributed by atoms with Crippen molar-refractivity contribution in [2.45, 2.75) is 18.8 Å². The summed E-state index contributed by atoms with van der Waals surface area (Å²) < 4.78 is 49.8. The van der Waals surface area contributed by atoms with Crippen molar-refractivity contribution in [2.75, 3.05) is 14.2 Å². The maximum atomic E-state index is 13.0. The van der Waals surface area contributed by atoms with E-state index in [0.717, 1.165) is 17.4 Å². The monoisotopic (exact) mass is 379 g/mol. The Bertz CT molecular complexity index is 628. The molecule has 0 bridgehead atoms. The fraction of sp³-hybridized carbons (Fsp3) is 0.385. The lowest BCUT2D eigenvalue weighted by Crippen LogP contribution is -2.26. The van der Waals surface area contributed by atoms with E-state index >= 15 is 0 Å². The minimum Gasteiger partial charge on any atom is -0.497 e. The Kier molecular flexibility index (Phi) is 5.07. The van der Waals surface area contributed by atoms with Gasteiger partial charge in [-0.25, -0.2) is 9.67 Å². The van der Waals surface area contributed by atoms with E-state index in [1.807, 2.05) is 0 Å². The molecule has 0 spiro atoms. The summed E-state index contributed by atoms with van der Waals surface area (Å²) in [7, 11) is 2.52. The van der Waals surface area contributed by atoms with Crippen molar-refractivity contribution in [2.24, 2.45) is 0 Å². The summed E-state index contributed by atoms with van der Waals surface area (Å²) in [5, 5.41) is 3.94. The van der Waals surface area contributed by atoms with E-state index < -0.39 is 12.3 Å². The fourth-order valence-electron chi connectivity index (χ4n) is 1.93. The average Bonchev–Trinajstić information content (AvgIpc) is 2.79. The van der Waals surface area contributed by atoms with Gasteiger partial charge in [-0.05, 0) is 33.6 Å². The molecule has 0 radical (unpaired) electrons. The van der Waals surface area contributed by atoms with Crippen LogP contribution >= 0.6 is 15.9 Å². The third-order valence-electron chi connectivity index (χ3n) is 2.93. The van der Waals surface area contributed by atoms with Gasteiger partial charge in [-0.1, -0.05) is 12.1 Å². The first-order valence-electron chi connectivity index (χ1n) is 6.18. The molecule has 1 unspecified atom stereocenters. The van der Waals surface area contributed by atoms with Crippen LogP contribution < -0.4 is 4.74 Å². The Morgan fingerprint density at radius 3 is 2.36 bits per heavy atom. The Labute approximate surface area is 133 Å². The summed E-state index contributed by atoms with van der Waals surface area (Å²) in [6.45, 7) is 0.133. The molecule has 0 fully saturated rings. The van der Waals surface area contributed by atoms with Gasteiger partial charge in [0.1, 0.15) is 5.75 Å². The van der Waals surface area contributed by atoms with Crippen LogP contribution in [0.2, 0.25) is 0 Å². The molecule has 9 heteroatoms. The number of aromatic nitrogens is 3. The van der Waals surface area contributed by atoms with Gasteiger partial charge >= 0.3 is 6.18 Å². The second kappa shape index (κ2) is 6.66. The Morgan fingerprint density at radius 1 is 1.23 bits per heavy atom. The molecule has 5 nitrogen and oxygen atoms in total. The zero-order chi connectivity index (χ0) is 16.3. The molecule has 0 saturated carbocycles. The highest BCUT2D eigenvalue weighted by Gasteiger charge is 2.44. The summed E-state index contributed by atoms with van der Waals surface area (Å²) in [5.74, 6) is 0.353. The second-order valence-corrected chi connectivity index (χ2v) is 5.11. The smallest absolute Gasteiger partial charge is 0.421 e. The molecule has 22 heavy (non-hydrogen) atoms. The van der Waals surface area contributed by atoms with Crippen molar-refractivity contribution in [3.05, 3.63) is 40.4 Å². The first kappa shape index (κ1) is 16.8. The number of ether oxygens (including phenoxy) is 2. The van der Waals surface area contributed by atoms with E-state index in [9.17, 15) is 13.2 Å². The normalized spacial score (nSPS) is 13.2. The lowest BCUT2D eigenvalue weighted by molar-refractivity contribution is -0.219. The predicted molar refractivity (Wildman–Crippen MR) is 75.6 cm³/mol. The van der Waals surface area contributed by atoms with Crippen molar-refractivity contribution >= 4 is 15.9 Å². The SMILES string of the molecule is COc1ccc(Cn2nc(Br)nc2C(OC)C(F)(F)F)cc1. The second-order valence-electron chi connectivity index (χ2n) is 4.40. The largest absolute Gasteiger partial charge is 0.497 e. The van der Waals surface area contributed by atoms with Crippen molar-refractivity contribution in [3.63, 3.8) is 0 Å². The third kappa shape index (κ3) is 3.77. The molecule has 1 atom stereocenters. The Morgan fingerprint density at radius 2 is 1.86 bits per heavy atom. The van der Waals surface area contributed by atoms with E-state index in [1.165, 1.54) is 7.11 Å². The maximum absolute atomic E-state index is 13.0. The van der Waals surface area contributed by atoms with Crippen LogP contribution in [0.5, 0.6) is 5.75 Å². The van der Waals surface area contributed by atoms with Crippen LogP contribution in [0.4, 0.5) is 13.2 Å². The zero-order valence-electron chi connectivity index (χ0n) is 11.8. The van der Waals surface area contributed by atoms with E-state index in [2.05, 4.69) is 30.7 Å². The van der Waals surface area contributed by atoms with Crippen LogP contribution in [0.15, 0.2) is 29.0 Å². The first-order valence-corrected chi connectivity index (χ1v) is 6.97.